The summed E-state index contributed by atoms with van der Waals surface area (Å²) in [5.41, 5.74) is 0. The molecule has 1 aromatic rings. The van der Waals surface area contributed by atoms with Crippen LogP contribution >= 0.6 is 11.6 Å². The molecule has 1 fully saturated rings. The maximum Gasteiger partial charge on any atom is 0.339 e. The van der Waals surface area contributed by atoms with Crippen LogP contribution in [0, 0.1) is 0 Å². The molecular formula is C9H8ClN3O4S. The van der Waals surface area contributed by atoms with Crippen LogP contribution in [0.4, 0.5) is 4.79 Å². The van der Waals surface area contributed by atoms with Crippen molar-refractivity contribution in [2.75, 3.05) is 6.54 Å². The molecule has 1 heterocycles. The van der Waals surface area contributed by atoms with Crippen LogP contribution in [0.2, 0.25) is 5.02 Å². The van der Waals surface area contributed by atoms with Crippen LogP contribution < -0.4 is 10.1 Å². The summed E-state index contributed by atoms with van der Waals surface area (Å²) in [5.74, 6) is -0.575. The molecule has 1 aromatic carbocycles. The van der Waals surface area contributed by atoms with Gasteiger partial charge in [0.05, 0.1) is 4.90 Å². The summed E-state index contributed by atoms with van der Waals surface area (Å²) >= 11 is 5.68. The minimum Gasteiger partial charge on any atom is -0.275 e. The van der Waals surface area contributed by atoms with Gasteiger partial charge in [-0.1, -0.05) is 17.7 Å². The smallest absolute Gasteiger partial charge is 0.275 e. The Morgan fingerprint density at radius 2 is 2.06 bits per heavy atom. The van der Waals surface area contributed by atoms with Crippen molar-refractivity contribution in [2.24, 2.45) is 0 Å². The number of nitrogens with one attached hydrogen (secondary N) is 2. The highest BCUT2D eigenvalue weighted by Crippen LogP contribution is 2.15. The van der Waals surface area contributed by atoms with E-state index in [9.17, 15) is 18.0 Å². The minimum absolute atomic E-state index is 0.0952. The summed E-state index contributed by atoms with van der Waals surface area (Å²) in [6.45, 7) is -0.362. The minimum atomic E-state index is -3.94. The van der Waals surface area contributed by atoms with Gasteiger partial charge in [-0.3, -0.25) is 10.1 Å². The number of hydrogen-bond acceptors (Lipinski definition) is 4. The van der Waals surface area contributed by atoms with Crippen molar-refractivity contribution in [2.45, 2.75) is 4.90 Å². The fraction of sp³-hybridized carbons (Fsp3) is 0.111. The number of rotatable bonds is 3. The topological polar surface area (TPSA) is 95.6 Å². The first-order valence-electron chi connectivity index (χ1n) is 4.78. The Labute approximate surface area is 108 Å². The molecule has 0 unspecified atom stereocenters. The number of amides is 3. The largest absolute Gasteiger partial charge is 0.339 e. The summed E-state index contributed by atoms with van der Waals surface area (Å²) < 4.78 is 23.8. The lowest BCUT2D eigenvalue weighted by Gasteiger charge is -2.14. The number of benzene rings is 1. The number of urea groups is 1. The van der Waals surface area contributed by atoms with Crippen molar-refractivity contribution < 1.29 is 18.0 Å². The van der Waals surface area contributed by atoms with Crippen molar-refractivity contribution >= 4 is 33.6 Å². The zero-order valence-electron chi connectivity index (χ0n) is 8.88. The van der Waals surface area contributed by atoms with Gasteiger partial charge in [0.1, 0.15) is 6.54 Å². The van der Waals surface area contributed by atoms with Gasteiger partial charge in [0.25, 0.3) is 10.0 Å². The van der Waals surface area contributed by atoms with Gasteiger partial charge in [0.2, 0.25) is 5.91 Å². The van der Waals surface area contributed by atoms with Crippen molar-refractivity contribution in [3.63, 3.8) is 0 Å². The summed E-state index contributed by atoms with van der Waals surface area (Å²) in [6.07, 6.45) is 0. The van der Waals surface area contributed by atoms with E-state index in [1.165, 1.54) is 24.3 Å². The van der Waals surface area contributed by atoms with Gasteiger partial charge < -0.3 is 0 Å². The molecule has 0 bridgehead atoms. The fourth-order valence-electron chi connectivity index (χ4n) is 1.35. The molecule has 0 saturated carbocycles. The molecule has 2 N–H and O–H groups in total. The van der Waals surface area contributed by atoms with E-state index in [0.29, 0.717) is 5.01 Å². The van der Waals surface area contributed by atoms with Gasteiger partial charge in [-0.25, -0.2) is 18.2 Å². The molecule has 0 radical (unpaired) electrons. The molecule has 2 rings (SSSR count). The highest BCUT2D eigenvalue weighted by molar-refractivity contribution is 7.89. The zero-order valence-corrected chi connectivity index (χ0v) is 10.5. The van der Waals surface area contributed by atoms with Gasteiger partial charge in [0, 0.05) is 5.02 Å². The number of sulfonamides is 1. The Balaban J connectivity index is 2.23. The average molecular weight is 290 g/mol. The summed E-state index contributed by atoms with van der Waals surface area (Å²) in [7, 11) is -3.94. The highest BCUT2D eigenvalue weighted by Gasteiger charge is 2.30. The predicted molar refractivity (Wildman–Crippen MR) is 62.0 cm³/mol. The molecule has 0 spiro atoms. The third kappa shape index (κ3) is 2.61. The molecule has 96 valence electrons. The monoisotopic (exact) mass is 289 g/mol. The van der Waals surface area contributed by atoms with Crippen LogP contribution in [0.5, 0.6) is 0 Å². The van der Waals surface area contributed by atoms with E-state index < -0.39 is 22.0 Å². The lowest BCUT2D eigenvalue weighted by Crippen LogP contribution is -2.44. The molecule has 0 aromatic heterocycles. The fourth-order valence-corrected chi connectivity index (χ4v) is 2.69. The Morgan fingerprint density at radius 3 is 2.61 bits per heavy atom. The Morgan fingerprint density at radius 1 is 1.33 bits per heavy atom. The van der Waals surface area contributed by atoms with Gasteiger partial charge in [0.15, 0.2) is 0 Å². The van der Waals surface area contributed by atoms with Crippen molar-refractivity contribution in [3.05, 3.63) is 29.3 Å². The van der Waals surface area contributed by atoms with Crippen molar-refractivity contribution in [3.8, 4) is 0 Å². The maximum absolute atomic E-state index is 11.9. The molecular weight excluding hydrogens is 282 g/mol. The number of carbonyl (C=O) groups is 2. The molecule has 0 aliphatic carbocycles. The Hall–Kier alpha value is -1.64. The lowest BCUT2D eigenvalue weighted by atomic mass is 10.4. The number of halogens is 1. The average Bonchev–Trinajstić information content (AvgIpc) is 2.56. The van der Waals surface area contributed by atoms with Gasteiger partial charge >= 0.3 is 6.03 Å². The molecule has 0 atom stereocenters. The van der Waals surface area contributed by atoms with Crippen molar-refractivity contribution in [1.29, 1.82) is 0 Å². The second-order valence-corrected chi connectivity index (χ2v) is 5.59. The molecule has 1 saturated heterocycles. The molecule has 1 aliphatic rings. The summed E-state index contributed by atoms with van der Waals surface area (Å²) in [5, 5.41) is 2.88. The molecule has 3 amide bonds. The second kappa shape index (κ2) is 4.56. The first kappa shape index (κ1) is 12.8. The van der Waals surface area contributed by atoms with E-state index in [-0.39, 0.29) is 16.5 Å². The van der Waals surface area contributed by atoms with E-state index in [2.05, 4.69) is 0 Å². The van der Waals surface area contributed by atoms with Crippen molar-refractivity contribution in [1.82, 2.24) is 15.2 Å². The SMILES string of the molecule is O=C1CN(NS(=O)(=O)c2cccc(Cl)c2)C(=O)N1. The van der Waals surface area contributed by atoms with Gasteiger partial charge in [-0.2, -0.15) is 0 Å². The first-order chi connectivity index (χ1) is 8.38. The van der Waals surface area contributed by atoms with Crippen LogP contribution in [-0.2, 0) is 14.8 Å². The van der Waals surface area contributed by atoms with Crippen LogP contribution in [0.3, 0.4) is 0 Å². The number of hydrazine groups is 1. The first-order valence-corrected chi connectivity index (χ1v) is 6.64. The number of hydrogen-bond donors (Lipinski definition) is 2. The van der Waals surface area contributed by atoms with Gasteiger partial charge in [-0.15, -0.1) is 4.83 Å². The van der Waals surface area contributed by atoms with Gasteiger partial charge in [-0.05, 0) is 18.2 Å². The number of imide groups is 1. The van der Waals surface area contributed by atoms with Crippen LogP contribution in [-0.4, -0.2) is 31.9 Å². The van der Waals surface area contributed by atoms with E-state index in [1.54, 1.807) is 0 Å². The Kier molecular flexibility index (Phi) is 3.24. The molecule has 1 aliphatic heterocycles. The highest BCUT2D eigenvalue weighted by atomic mass is 35.5. The normalized spacial score (nSPS) is 15.9. The lowest BCUT2D eigenvalue weighted by molar-refractivity contribution is -0.118. The molecule has 9 heteroatoms. The van der Waals surface area contributed by atoms with E-state index >= 15 is 0 Å². The predicted octanol–water partition coefficient (Wildman–Crippen LogP) is 0.0851. The zero-order chi connectivity index (χ0) is 13.3. The van der Waals surface area contributed by atoms with E-state index in [0.717, 1.165) is 0 Å². The van der Waals surface area contributed by atoms with Crippen LogP contribution in [0.25, 0.3) is 0 Å². The van der Waals surface area contributed by atoms with Crippen LogP contribution in [0.1, 0.15) is 0 Å². The Bertz CT molecular complexity index is 616. The standard InChI is InChI=1S/C9H8ClN3O4S/c10-6-2-1-3-7(4-6)18(16,17)12-13-5-8(14)11-9(13)15/h1-4,12H,5H2,(H,11,14,15). The molecule has 7 nitrogen and oxygen atoms in total. The maximum atomic E-state index is 11.9. The summed E-state index contributed by atoms with van der Waals surface area (Å²) in [6, 6.07) is 4.73. The number of nitrogens with zero attached hydrogens (tertiary/aromatic N) is 1. The molecule has 18 heavy (non-hydrogen) atoms. The summed E-state index contributed by atoms with van der Waals surface area (Å²) in [4.78, 5) is 24.0. The van der Waals surface area contributed by atoms with E-state index in [1.807, 2.05) is 10.1 Å². The number of carbonyl (C=O) groups excluding carboxylic acids is 2. The third-order valence-electron chi connectivity index (χ3n) is 2.13. The second-order valence-electron chi connectivity index (χ2n) is 3.49. The van der Waals surface area contributed by atoms with Crippen LogP contribution in [0.15, 0.2) is 29.2 Å². The van der Waals surface area contributed by atoms with E-state index in [4.69, 9.17) is 11.6 Å². The third-order valence-corrected chi connectivity index (χ3v) is 3.70. The quantitative estimate of drug-likeness (QED) is 0.771.